The van der Waals surface area contributed by atoms with E-state index in [1.165, 1.54) is 19.4 Å². The van der Waals surface area contributed by atoms with Crippen molar-refractivity contribution in [2.75, 3.05) is 6.54 Å². The van der Waals surface area contributed by atoms with Gasteiger partial charge in [0.2, 0.25) is 0 Å². The molecule has 15 heavy (non-hydrogen) atoms. The molecule has 0 saturated carbocycles. The van der Waals surface area contributed by atoms with Crippen molar-refractivity contribution in [3.8, 4) is 0 Å². The van der Waals surface area contributed by atoms with Crippen LogP contribution in [0, 0.1) is 11.8 Å². The zero-order valence-corrected chi connectivity index (χ0v) is 11.9. The number of likely N-dealkylation sites (tertiary alicyclic amines) is 1. The van der Waals surface area contributed by atoms with Crippen molar-refractivity contribution in [3.63, 3.8) is 0 Å². The van der Waals surface area contributed by atoms with Gasteiger partial charge in [-0.2, -0.15) is 0 Å². The Bertz CT molecular complexity index is 151. The quantitative estimate of drug-likeness (QED) is 0.665. The molecule has 1 heterocycles. The van der Waals surface area contributed by atoms with Gasteiger partial charge in [0.05, 0.1) is 0 Å². The third-order valence-corrected chi connectivity index (χ3v) is 3.38. The van der Waals surface area contributed by atoms with E-state index in [2.05, 4.69) is 39.5 Å². The molecule has 0 aromatic heterocycles. The number of nitrogens with zero attached hydrogens (tertiary/aromatic N) is 1. The van der Waals surface area contributed by atoms with Crippen LogP contribution in [0.25, 0.3) is 0 Å². The van der Waals surface area contributed by atoms with Crippen molar-refractivity contribution >= 4 is 0 Å². The van der Waals surface area contributed by atoms with Gasteiger partial charge >= 0.3 is 0 Å². The first-order chi connectivity index (χ1) is 7.02. The van der Waals surface area contributed by atoms with Crippen LogP contribution in [0.3, 0.4) is 0 Å². The maximum Gasteiger partial charge on any atom is 0.0123 e. The number of piperidine rings is 1. The first-order valence-corrected chi connectivity index (χ1v) is 6.78. The van der Waals surface area contributed by atoms with E-state index in [-0.39, 0.29) is 0 Å². The van der Waals surface area contributed by atoms with Gasteiger partial charge in [-0.1, -0.05) is 34.6 Å². The monoisotopic (exact) mass is 213 g/mol. The summed E-state index contributed by atoms with van der Waals surface area (Å²) in [5.74, 6) is 1.74. The highest BCUT2D eigenvalue weighted by Gasteiger charge is 2.29. The molecule has 1 fully saturated rings. The normalized spacial score (nSPS) is 27.8. The van der Waals surface area contributed by atoms with E-state index in [1.54, 1.807) is 0 Å². The Balaban J connectivity index is 0.000000921. The molecule has 1 nitrogen and oxygen atoms in total. The molecular formula is C14H31N. The first kappa shape index (κ1) is 15.0. The molecule has 0 spiro atoms. The summed E-state index contributed by atoms with van der Waals surface area (Å²) in [6.07, 6.45) is 2.79. The van der Waals surface area contributed by atoms with Gasteiger partial charge in [0, 0.05) is 12.1 Å². The Morgan fingerprint density at radius 2 is 1.60 bits per heavy atom. The Labute approximate surface area is 97.2 Å². The standard InChI is InChI=1S/C12H25N.C2H6/c1-9(2)12-8-11(5)6-7-13(12)10(3)4;1-2/h9-12H,6-8H2,1-5H3;1-2H3. The lowest BCUT2D eigenvalue weighted by Gasteiger charge is -2.43. The van der Waals surface area contributed by atoms with Gasteiger partial charge in [-0.05, 0) is 45.1 Å². The summed E-state index contributed by atoms with van der Waals surface area (Å²) in [6, 6.07) is 1.55. The fourth-order valence-electron chi connectivity index (χ4n) is 2.50. The molecule has 0 bridgehead atoms. The molecule has 2 atom stereocenters. The Morgan fingerprint density at radius 1 is 1.07 bits per heavy atom. The van der Waals surface area contributed by atoms with Crippen molar-refractivity contribution in [2.24, 2.45) is 11.8 Å². The molecule has 0 amide bonds. The lowest BCUT2D eigenvalue weighted by Crippen LogP contribution is -2.48. The maximum atomic E-state index is 2.69. The highest BCUT2D eigenvalue weighted by molar-refractivity contribution is 4.83. The third-order valence-electron chi connectivity index (χ3n) is 3.38. The van der Waals surface area contributed by atoms with Gasteiger partial charge in [-0.15, -0.1) is 0 Å². The van der Waals surface area contributed by atoms with Crippen LogP contribution in [0.1, 0.15) is 61.3 Å². The van der Waals surface area contributed by atoms with Crippen LogP contribution in [0.15, 0.2) is 0 Å². The van der Waals surface area contributed by atoms with Crippen molar-refractivity contribution in [1.29, 1.82) is 0 Å². The summed E-state index contributed by atoms with van der Waals surface area (Å²) in [6.45, 7) is 17.1. The lowest BCUT2D eigenvalue weighted by atomic mass is 9.85. The van der Waals surface area contributed by atoms with Gasteiger partial charge in [0.25, 0.3) is 0 Å². The maximum absolute atomic E-state index is 2.69. The van der Waals surface area contributed by atoms with E-state index in [9.17, 15) is 0 Å². The fraction of sp³-hybridized carbons (Fsp3) is 1.00. The first-order valence-electron chi connectivity index (χ1n) is 6.78. The van der Waals surface area contributed by atoms with Crippen molar-refractivity contribution in [2.45, 2.75) is 73.4 Å². The molecule has 0 aromatic rings. The lowest BCUT2D eigenvalue weighted by molar-refractivity contribution is 0.0582. The molecule has 1 rings (SSSR count). The third kappa shape index (κ3) is 4.55. The average Bonchev–Trinajstić information content (AvgIpc) is 2.20. The molecule has 0 aromatic carbocycles. The summed E-state index contributed by atoms with van der Waals surface area (Å²) in [7, 11) is 0. The summed E-state index contributed by atoms with van der Waals surface area (Å²) in [4.78, 5) is 2.69. The minimum atomic E-state index is 0.722. The van der Waals surface area contributed by atoms with Gasteiger partial charge in [-0.3, -0.25) is 4.90 Å². The summed E-state index contributed by atoms with van der Waals surface area (Å²) >= 11 is 0. The molecule has 0 aliphatic carbocycles. The molecule has 1 aliphatic rings. The van der Waals surface area contributed by atoms with Gasteiger partial charge in [0.1, 0.15) is 0 Å². The summed E-state index contributed by atoms with van der Waals surface area (Å²) < 4.78 is 0. The number of hydrogen-bond acceptors (Lipinski definition) is 1. The minimum absolute atomic E-state index is 0.722. The Hall–Kier alpha value is -0.0400. The van der Waals surface area contributed by atoms with E-state index in [1.807, 2.05) is 13.8 Å². The van der Waals surface area contributed by atoms with Crippen molar-refractivity contribution in [1.82, 2.24) is 4.90 Å². The molecule has 92 valence electrons. The zero-order valence-electron chi connectivity index (χ0n) is 11.9. The van der Waals surface area contributed by atoms with Crippen LogP contribution in [-0.2, 0) is 0 Å². The van der Waals surface area contributed by atoms with Crippen LogP contribution in [-0.4, -0.2) is 23.5 Å². The molecule has 2 unspecified atom stereocenters. The van der Waals surface area contributed by atoms with Gasteiger partial charge < -0.3 is 0 Å². The van der Waals surface area contributed by atoms with Gasteiger partial charge in [-0.25, -0.2) is 0 Å². The molecule has 1 aliphatic heterocycles. The second-order valence-corrected chi connectivity index (χ2v) is 5.27. The van der Waals surface area contributed by atoms with Crippen LogP contribution in [0.5, 0.6) is 0 Å². The van der Waals surface area contributed by atoms with Crippen LogP contribution < -0.4 is 0 Å². The van der Waals surface area contributed by atoms with Crippen molar-refractivity contribution in [3.05, 3.63) is 0 Å². The van der Waals surface area contributed by atoms with E-state index < -0.39 is 0 Å². The summed E-state index contributed by atoms with van der Waals surface area (Å²) in [5.41, 5.74) is 0. The molecule has 1 heteroatoms. The van der Waals surface area contributed by atoms with Crippen molar-refractivity contribution < 1.29 is 0 Å². The van der Waals surface area contributed by atoms with E-state index in [0.29, 0.717) is 0 Å². The molecule has 0 radical (unpaired) electrons. The molecular weight excluding hydrogens is 182 g/mol. The molecule has 1 saturated heterocycles. The largest absolute Gasteiger partial charge is 0.298 e. The number of hydrogen-bond donors (Lipinski definition) is 0. The second-order valence-electron chi connectivity index (χ2n) is 5.27. The van der Waals surface area contributed by atoms with Gasteiger partial charge in [0.15, 0.2) is 0 Å². The fourth-order valence-corrected chi connectivity index (χ4v) is 2.50. The van der Waals surface area contributed by atoms with E-state index >= 15 is 0 Å². The van der Waals surface area contributed by atoms with Crippen LogP contribution in [0.2, 0.25) is 0 Å². The molecule has 0 N–H and O–H groups in total. The van der Waals surface area contributed by atoms with E-state index in [0.717, 1.165) is 23.9 Å². The number of rotatable bonds is 2. The average molecular weight is 213 g/mol. The predicted octanol–water partition coefficient (Wildman–Crippen LogP) is 4.18. The second kappa shape index (κ2) is 7.27. The minimum Gasteiger partial charge on any atom is -0.298 e. The highest BCUT2D eigenvalue weighted by Crippen LogP contribution is 2.28. The topological polar surface area (TPSA) is 3.24 Å². The van der Waals surface area contributed by atoms with E-state index in [4.69, 9.17) is 0 Å². The van der Waals surface area contributed by atoms with Crippen LogP contribution >= 0.6 is 0 Å². The SMILES string of the molecule is CC.CC1CCN(C(C)C)C(C(C)C)C1. The smallest absolute Gasteiger partial charge is 0.0123 e. The Kier molecular flexibility index (Phi) is 7.25. The Morgan fingerprint density at radius 3 is 2.00 bits per heavy atom. The summed E-state index contributed by atoms with van der Waals surface area (Å²) in [5, 5.41) is 0. The van der Waals surface area contributed by atoms with Crippen LogP contribution in [0.4, 0.5) is 0 Å². The predicted molar refractivity (Wildman–Crippen MR) is 70.2 cm³/mol. The zero-order chi connectivity index (χ0) is 12.0. The highest BCUT2D eigenvalue weighted by atomic mass is 15.2.